The van der Waals surface area contributed by atoms with Crippen molar-refractivity contribution in [3.05, 3.63) is 81.8 Å². The zero-order chi connectivity index (χ0) is 28.1. The van der Waals surface area contributed by atoms with Gasteiger partial charge in [0.15, 0.2) is 17.7 Å². The van der Waals surface area contributed by atoms with Gasteiger partial charge in [0.05, 0.1) is 17.9 Å². The zero-order valence-corrected chi connectivity index (χ0v) is 22.7. The van der Waals surface area contributed by atoms with Gasteiger partial charge < -0.3 is 19.1 Å². The first-order valence-electron chi connectivity index (χ1n) is 12.9. The number of hydrogen-bond acceptors (Lipinski definition) is 5. The number of rotatable bonds is 5. The first kappa shape index (κ1) is 26.6. The molecule has 4 aromatic rings. The van der Waals surface area contributed by atoms with Gasteiger partial charge in [0.1, 0.15) is 0 Å². The molecule has 0 fully saturated rings. The molecule has 0 aliphatic carbocycles. The number of carbonyl (C=O) groups is 1. The molecule has 5 rings (SSSR count). The van der Waals surface area contributed by atoms with Crippen LogP contribution in [0.25, 0.3) is 33.0 Å². The quantitative estimate of drug-likeness (QED) is 0.341. The molecule has 0 bridgehead atoms. The van der Waals surface area contributed by atoms with Crippen LogP contribution in [0, 0.1) is 12.7 Å². The summed E-state index contributed by atoms with van der Waals surface area (Å²) in [5.41, 5.74) is 3.05. The third-order valence-corrected chi connectivity index (χ3v) is 7.09. The lowest BCUT2D eigenvalue weighted by molar-refractivity contribution is -0.161. The average molecular weight is 531 g/mol. The molecule has 0 saturated heterocycles. The van der Waals surface area contributed by atoms with Crippen molar-refractivity contribution in [3.8, 4) is 28.0 Å². The van der Waals surface area contributed by atoms with Gasteiger partial charge in [-0.2, -0.15) is 0 Å². The molecule has 0 spiro atoms. The van der Waals surface area contributed by atoms with Crippen LogP contribution in [0.1, 0.15) is 50.1 Å². The molecule has 0 saturated carbocycles. The number of carboxylic acids is 1. The van der Waals surface area contributed by atoms with Crippen molar-refractivity contribution >= 4 is 16.7 Å². The van der Waals surface area contributed by atoms with E-state index in [1.54, 1.807) is 45.3 Å². The lowest BCUT2D eigenvalue weighted by atomic mass is 9.87. The monoisotopic (exact) mass is 530 g/mol. The van der Waals surface area contributed by atoms with Crippen molar-refractivity contribution in [3.63, 3.8) is 0 Å². The van der Waals surface area contributed by atoms with Crippen molar-refractivity contribution in [2.45, 2.75) is 52.2 Å². The van der Waals surface area contributed by atoms with Crippen LogP contribution in [0.5, 0.6) is 5.75 Å². The summed E-state index contributed by atoms with van der Waals surface area (Å²) in [7, 11) is 1.53. The van der Waals surface area contributed by atoms with Gasteiger partial charge in [-0.1, -0.05) is 18.2 Å². The van der Waals surface area contributed by atoms with Crippen LogP contribution >= 0.6 is 0 Å². The Kier molecular flexibility index (Phi) is 6.76. The maximum absolute atomic E-state index is 15.5. The van der Waals surface area contributed by atoms with Crippen LogP contribution in [0.2, 0.25) is 0 Å². The SMILES string of the molecule is Cc1c(-c2c(C(OC(C)(C)C)C(=O)O)n(C)c(=O)c3cc(-c4cccnc4)ccc23)cc(F)c2c1CCCO2. The molecular formula is C31H31FN2O5. The molecule has 3 heterocycles. The van der Waals surface area contributed by atoms with Gasteiger partial charge in [0.2, 0.25) is 0 Å². The van der Waals surface area contributed by atoms with E-state index >= 15 is 4.39 Å². The number of hydrogen-bond donors (Lipinski definition) is 1. The molecule has 7 nitrogen and oxygen atoms in total. The van der Waals surface area contributed by atoms with E-state index in [4.69, 9.17) is 9.47 Å². The van der Waals surface area contributed by atoms with Gasteiger partial charge in [-0.3, -0.25) is 9.78 Å². The van der Waals surface area contributed by atoms with Crippen LogP contribution in [0.15, 0.2) is 53.6 Å². The van der Waals surface area contributed by atoms with Gasteiger partial charge in [0, 0.05) is 41.5 Å². The summed E-state index contributed by atoms with van der Waals surface area (Å²) < 4.78 is 28.5. The number of nitrogens with zero attached hydrogens (tertiary/aromatic N) is 2. The Morgan fingerprint density at radius 1 is 1.18 bits per heavy atom. The highest BCUT2D eigenvalue weighted by molar-refractivity contribution is 6.01. The first-order valence-corrected chi connectivity index (χ1v) is 12.9. The fourth-order valence-corrected chi connectivity index (χ4v) is 5.33. The predicted molar refractivity (Wildman–Crippen MR) is 148 cm³/mol. The van der Waals surface area contributed by atoms with E-state index in [0.29, 0.717) is 34.9 Å². The predicted octanol–water partition coefficient (Wildman–Crippen LogP) is 5.98. The fourth-order valence-electron chi connectivity index (χ4n) is 5.33. The molecule has 0 radical (unpaired) electrons. The summed E-state index contributed by atoms with van der Waals surface area (Å²) in [5.74, 6) is -1.53. The molecule has 8 heteroatoms. The Labute approximate surface area is 225 Å². The van der Waals surface area contributed by atoms with Crippen LogP contribution < -0.4 is 10.3 Å². The molecule has 1 aliphatic rings. The van der Waals surface area contributed by atoms with Crippen LogP contribution in [-0.4, -0.2) is 32.8 Å². The Morgan fingerprint density at radius 3 is 2.62 bits per heavy atom. The van der Waals surface area contributed by atoms with Crippen molar-refractivity contribution in [1.29, 1.82) is 0 Å². The Morgan fingerprint density at radius 2 is 1.95 bits per heavy atom. The molecule has 2 aromatic carbocycles. The van der Waals surface area contributed by atoms with Gasteiger partial charge in [-0.25, -0.2) is 9.18 Å². The maximum atomic E-state index is 15.5. The third kappa shape index (κ3) is 4.81. The number of benzene rings is 2. The third-order valence-electron chi connectivity index (χ3n) is 7.09. The zero-order valence-electron chi connectivity index (χ0n) is 22.7. The number of carboxylic acid groups (broad SMARTS) is 1. The van der Waals surface area contributed by atoms with Crippen molar-refractivity contribution < 1.29 is 23.8 Å². The second-order valence-electron chi connectivity index (χ2n) is 10.9. The topological polar surface area (TPSA) is 90.7 Å². The molecule has 1 unspecified atom stereocenters. The first-order chi connectivity index (χ1) is 18.5. The van der Waals surface area contributed by atoms with E-state index in [2.05, 4.69) is 4.98 Å². The summed E-state index contributed by atoms with van der Waals surface area (Å²) >= 11 is 0. The van der Waals surface area contributed by atoms with E-state index in [1.807, 2.05) is 25.1 Å². The number of halogens is 1. The van der Waals surface area contributed by atoms with Crippen LogP contribution in [0.3, 0.4) is 0 Å². The average Bonchev–Trinajstić information content (AvgIpc) is 2.91. The normalized spacial score (nSPS) is 14.1. The minimum Gasteiger partial charge on any atom is -0.490 e. The van der Waals surface area contributed by atoms with E-state index < -0.39 is 23.5 Å². The molecule has 202 valence electrons. The fraction of sp³-hybridized carbons (Fsp3) is 0.323. The van der Waals surface area contributed by atoms with Crippen molar-refractivity contribution in [2.75, 3.05) is 6.61 Å². The second kappa shape index (κ2) is 9.93. The van der Waals surface area contributed by atoms with Crippen molar-refractivity contribution in [2.24, 2.45) is 7.05 Å². The highest BCUT2D eigenvalue weighted by Crippen LogP contribution is 2.43. The molecular weight excluding hydrogens is 499 g/mol. The molecule has 1 atom stereocenters. The van der Waals surface area contributed by atoms with Gasteiger partial charge in [-0.15, -0.1) is 0 Å². The highest BCUT2D eigenvalue weighted by Gasteiger charge is 2.34. The highest BCUT2D eigenvalue weighted by atomic mass is 19.1. The molecule has 1 N–H and O–H groups in total. The van der Waals surface area contributed by atoms with E-state index in [-0.39, 0.29) is 17.0 Å². The minimum absolute atomic E-state index is 0.156. The lowest BCUT2D eigenvalue weighted by Crippen LogP contribution is -2.33. The van der Waals surface area contributed by atoms with Crippen molar-refractivity contribution in [1.82, 2.24) is 9.55 Å². The molecule has 0 amide bonds. The summed E-state index contributed by atoms with van der Waals surface area (Å²) in [6.07, 6.45) is 3.29. The van der Waals surface area contributed by atoms with E-state index in [1.165, 1.54) is 17.7 Å². The standard InChI is InChI=1S/C31H31FN2O5/c1-17-20-9-7-13-38-27(20)24(32)15-22(17)25-21-11-10-18(19-8-6-12-33-16-19)14-23(21)29(35)34(5)26(25)28(30(36)37)39-31(2,3)4/h6,8,10-12,14-16,28H,7,9,13H2,1-5H3,(H,36,37). The number of aliphatic carboxylic acids is 1. The van der Waals surface area contributed by atoms with E-state index in [9.17, 15) is 14.7 Å². The molecule has 2 aromatic heterocycles. The summed E-state index contributed by atoms with van der Waals surface area (Å²) in [4.78, 5) is 30.6. The number of fused-ring (bicyclic) bond motifs is 2. The van der Waals surface area contributed by atoms with Gasteiger partial charge in [-0.05, 0) is 80.8 Å². The Balaban J connectivity index is 1.91. The smallest absolute Gasteiger partial charge is 0.339 e. The van der Waals surface area contributed by atoms with E-state index in [0.717, 1.165) is 28.7 Å². The Hall–Kier alpha value is -4.04. The number of aromatic nitrogens is 2. The number of ether oxygens (including phenoxy) is 2. The maximum Gasteiger partial charge on any atom is 0.339 e. The van der Waals surface area contributed by atoms with Crippen LogP contribution in [-0.2, 0) is 23.0 Å². The van der Waals surface area contributed by atoms with Gasteiger partial charge >= 0.3 is 5.97 Å². The summed E-state index contributed by atoms with van der Waals surface area (Å²) in [6, 6.07) is 10.5. The minimum atomic E-state index is -1.48. The lowest BCUT2D eigenvalue weighted by Gasteiger charge is -2.29. The summed E-state index contributed by atoms with van der Waals surface area (Å²) in [5, 5.41) is 11.2. The van der Waals surface area contributed by atoms with Gasteiger partial charge in [0.25, 0.3) is 5.56 Å². The molecule has 39 heavy (non-hydrogen) atoms. The largest absolute Gasteiger partial charge is 0.490 e. The Bertz CT molecular complexity index is 1650. The second-order valence-corrected chi connectivity index (χ2v) is 10.9. The molecule has 1 aliphatic heterocycles. The summed E-state index contributed by atoms with van der Waals surface area (Å²) in [6.45, 7) is 7.58. The van der Waals surface area contributed by atoms with Crippen LogP contribution in [0.4, 0.5) is 4.39 Å². The number of pyridine rings is 2.